The fraction of sp³-hybridized carbons (Fsp3) is 0.320. The van der Waals surface area contributed by atoms with Gasteiger partial charge in [-0.2, -0.15) is 0 Å². The molecule has 1 saturated heterocycles. The lowest BCUT2D eigenvalue weighted by molar-refractivity contribution is -0.127. The second kappa shape index (κ2) is 11.6. The molecule has 0 radical (unpaired) electrons. The van der Waals surface area contributed by atoms with Gasteiger partial charge in [0.05, 0.1) is 24.7 Å². The van der Waals surface area contributed by atoms with E-state index in [2.05, 4.69) is 5.32 Å². The van der Waals surface area contributed by atoms with Crippen LogP contribution >= 0.6 is 11.8 Å². The van der Waals surface area contributed by atoms with Crippen molar-refractivity contribution in [1.82, 2.24) is 4.90 Å². The summed E-state index contributed by atoms with van der Waals surface area (Å²) in [5.74, 6) is 0.834. The fourth-order valence-electron chi connectivity index (χ4n) is 3.10. The van der Waals surface area contributed by atoms with Gasteiger partial charge in [-0.05, 0) is 80.1 Å². The summed E-state index contributed by atoms with van der Waals surface area (Å²) in [5, 5.41) is 2.19. The fourth-order valence-corrected chi connectivity index (χ4v) is 3.94. The second-order valence-corrected chi connectivity index (χ2v) is 8.51. The predicted molar refractivity (Wildman–Crippen MR) is 132 cm³/mol. The van der Waals surface area contributed by atoms with Gasteiger partial charge in [-0.3, -0.25) is 19.3 Å². The number of carbonyl (C=O) groups is 3. The van der Waals surface area contributed by atoms with Gasteiger partial charge in [0.25, 0.3) is 11.1 Å². The third-order valence-corrected chi connectivity index (χ3v) is 5.92. The summed E-state index contributed by atoms with van der Waals surface area (Å²) in [7, 11) is 1.54. The Morgan fingerprint density at radius 1 is 1.12 bits per heavy atom. The quantitative estimate of drug-likeness (QED) is 0.477. The van der Waals surface area contributed by atoms with Crippen molar-refractivity contribution in [3.63, 3.8) is 0 Å². The van der Waals surface area contributed by atoms with E-state index in [1.807, 2.05) is 20.8 Å². The number of hydrogen-bond acceptors (Lipinski definition) is 7. The molecule has 0 aliphatic carbocycles. The molecule has 2 aromatic rings. The minimum Gasteiger partial charge on any atom is -0.494 e. The molecule has 1 atom stereocenters. The largest absolute Gasteiger partial charge is 0.494 e. The number of nitrogens with zero attached hydrogens (tertiary/aromatic N) is 1. The zero-order chi connectivity index (χ0) is 24.7. The Morgan fingerprint density at radius 3 is 2.50 bits per heavy atom. The number of methoxy groups -OCH3 is 1. The molecular formula is C25H28N2O6S. The average Bonchev–Trinajstić information content (AvgIpc) is 3.08. The molecule has 34 heavy (non-hydrogen) atoms. The van der Waals surface area contributed by atoms with Gasteiger partial charge in [-0.15, -0.1) is 0 Å². The van der Waals surface area contributed by atoms with Gasteiger partial charge in [0.15, 0.2) is 11.5 Å². The maximum Gasteiger partial charge on any atom is 0.294 e. The van der Waals surface area contributed by atoms with Crippen LogP contribution in [0.3, 0.4) is 0 Å². The van der Waals surface area contributed by atoms with E-state index in [0.717, 1.165) is 23.1 Å². The predicted octanol–water partition coefficient (Wildman–Crippen LogP) is 4.95. The van der Waals surface area contributed by atoms with Gasteiger partial charge in [-0.1, -0.05) is 13.0 Å². The van der Waals surface area contributed by atoms with E-state index in [4.69, 9.17) is 14.2 Å². The van der Waals surface area contributed by atoms with Crippen molar-refractivity contribution in [1.29, 1.82) is 0 Å². The number of hydrogen-bond donors (Lipinski definition) is 1. The van der Waals surface area contributed by atoms with Crippen LogP contribution in [-0.2, 0) is 9.59 Å². The number of thioether (sulfide) groups is 1. The highest BCUT2D eigenvalue weighted by Gasteiger charge is 2.36. The first-order valence-electron chi connectivity index (χ1n) is 11.0. The van der Waals surface area contributed by atoms with E-state index in [-0.39, 0.29) is 17.6 Å². The first-order valence-corrected chi connectivity index (χ1v) is 11.8. The molecule has 8 nitrogen and oxygen atoms in total. The first kappa shape index (κ1) is 25.2. The molecule has 0 spiro atoms. The van der Waals surface area contributed by atoms with E-state index in [1.165, 1.54) is 0 Å². The van der Waals surface area contributed by atoms with Gasteiger partial charge in [-0.25, -0.2) is 0 Å². The van der Waals surface area contributed by atoms with Crippen LogP contribution in [0.2, 0.25) is 0 Å². The van der Waals surface area contributed by atoms with E-state index in [9.17, 15) is 14.4 Å². The zero-order valence-corrected chi connectivity index (χ0v) is 20.4. The Bertz CT molecular complexity index is 1080. The molecule has 1 aliphatic rings. The second-order valence-electron chi connectivity index (χ2n) is 7.52. The standard InChI is InChI=1S/C25H28N2O6S/c1-5-16(3)33-20-12-7-17(13-21(20)31-4)14-22-24(29)27(25(30)34-22)15-23(28)26-18-8-10-19(11-9-18)32-6-2/h7-14,16H,5-6,15H2,1-4H3,(H,26,28)/b22-14+/t16-/m0/s1. The number of ether oxygens (including phenoxy) is 3. The molecule has 0 saturated carbocycles. The summed E-state index contributed by atoms with van der Waals surface area (Å²) in [6.45, 7) is 6.05. The van der Waals surface area contributed by atoms with Gasteiger partial charge in [0.1, 0.15) is 12.3 Å². The van der Waals surface area contributed by atoms with Crippen LogP contribution < -0.4 is 19.5 Å². The van der Waals surface area contributed by atoms with Crippen LogP contribution in [0.15, 0.2) is 47.4 Å². The number of amides is 3. The normalized spacial score (nSPS) is 15.4. The molecule has 3 rings (SSSR count). The summed E-state index contributed by atoms with van der Waals surface area (Å²) >= 11 is 0.794. The Morgan fingerprint density at radius 2 is 1.85 bits per heavy atom. The van der Waals surface area contributed by atoms with Crippen molar-refractivity contribution in [2.75, 3.05) is 25.6 Å². The van der Waals surface area contributed by atoms with Crippen LogP contribution in [0.1, 0.15) is 32.8 Å². The van der Waals surface area contributed by atoms with Crippen molar-refractivity contribution >= 4 is 40.6 Å². The Kier molecular flexibility index (Phi) is 8.59. The number of anilines is 1. The topological polar surface area (TPSA) is 94.2 Å². The average molecular weight is 485 g/mol. The minimum absolute atomic E-state index is 0.0324. The van der Waals surface area contributed by atoms with Crippen LogP contribution in [0.25, 0.3) is 6.08 Å². The van der Waals surface area contributed by atoms with Crippen molar-refractivity contribution < 1.29 is 28.6 Å². The molecular weight excluding hydrogens is 456 g/mol. The third kappa shape index (κ3) is 6.32. The molecule has 2 aromatic carbocycles. The van der Waals surface area contributed by atoms with Crippen LogP contribution in [0.5, 0.6) is 17.2 Å². The Balaban J connectivity index is 1.67. The first-order chi connectivity index (χ1) is 16.3. The maximum absolute atomic E-state index is 12.8. The number of nitrogens with one attached hydrogen (secondary N) is 1. The van der Waals surface area contributed by atoms with Gasteiger partial charge in [0.2, 0.25) is 5.91 Å². The van der Waals surface area contributed by atoms with Crippen LogP contribution in [0, 0.1) is 0 Å². The van der Waals surface area contributed by atoms with Crippen molar-refractivity contribution in [3.05, 3.63) is 52.9 Å². The Hall–Kier alpha value is -3.46. The molecule has 0 unspecified atom stereocenters. The Labute approximate surface area is 203 Å². The van der Waals surface area contributed by atoms with Crippen LogP contribution in [-0.4, -0.2) is 48.3 Å². The number of imide groups is 1. The van der Waals surface area contributed by atoms with Crippen molar-refractivity contribution in [2.45, 2.75) is 33.3 Å². The molecule has 0 aromatic heterocycles. The maximum atomic E-state index is 12.8. The number of carbonyl (C=O) groups excluding carboxylic acids is 3. The molecule has 3 amide bonds. The minimum atomic E-state index is -0.518. The van der Waals surface area contributed by atoms with E-state index in [0.29, 0.717) is 35.1 Å². The van der Waals surface area contributed by atoms with Crippen molar-refractivity contribution in [2.24, 2.45) is 0 Å². The molecule has 1 fully saturated rings. The molecule has 9 heteroatoms. The lowest BCUT2D eigenvalue weighted by Crippen LogP contribution is -2.36. The van der Waals surface area contributed by atoms with Gasteiger partial charge < -0.3 is 19.5 Å². The molecule has 180 valence electrons. The summed E-state index contributed by atoms with van der Waals surface area (Å²) in [5.41, 5.74) is 1.22. The smallest absolute Gasteiger partial charge is 0.294 e. The van der Waals surface area contributed by atoms with Gasteiger partial charge >= 0.3 is 0 Å². The summed E-state index contributed by atoms with van der Waals surface area (Å²) in [4.78, 5) is 38.8. The van der Waals surface area contributed by atoms with Gasteiger partial charge in [0, 0.05) is 5.69 Å². The lowest BCUT2D eigenvalue weighted by Gasteiger charge is -2.15. The van der Waals surface area contributed by atoms with Crippen LogP contribution in [0.4, 0.5) is 10.5 Å². The van der Waals surface area contributed by atoms with E-state index < -0.39 is 17.1 Å². The summed E-state index contributed by atoms with van der Waals surface area (Å²) in [6, 6.07) is 12.1. The van der Waals surface area contributed by atoms with E-state index >= 15 is 0 Å². The van der Waals surface area contributed by atoms with Crippen molar-refractivity contribution in [3.8, 4) is 17.2 Å². The molecule has 0 bridgehead atoms. The highest BCUT2D eigenvalue weighted by molar-refractivity contribution is 8.18. The highest BCUT2D eigenvalue weighted by Crippen LogP contribution is 2.35. The third-order valence-electron chi connectivity index (χ3n) is 5.01. The van der Waals surface area contributed by atoms with E-state index in [1.54, 1.807) is 55.7 Å². The molecule has 1 heterocycles. The molecule has 1 N–H and O–H groups in total. The summed E-state index contributed by atoms with van der Waals surface area (Å²) in [6.07, 6.45) is 2.49. The number of benzene rings is 2. The highest BCUT2D eigenvalue weighted by atomic mass is 32.2. The summed E-state index contributed by atoms with van der Waals surface area (Å²) < 4.78 is 16.6. The SMILES string of the molecule is CCOc1ccc(NC(=O)CN2C(=O)S/C(=C/c3ccc(O[C@@H](C)CC)c(OC)c3)C2=O)cc1. The monoisotopic (exact) mass is 484 g/mol. The zero-order valence-electron chi connectivity index (χ0n) is 19.6. The lowest BCUT2D eigenvalue weighted by atomic mass is 10.1. The molecule has 1 aliphatic heterocycles. The number of rotatable bonds is 10.